The van der Waals surface area contributed by atoms with Gasteiger partial charge in [0.15, 0.2) is 11.3 Å². The maximum absolute atomic E-state index is 13.2. The number of aliphatic hydroxyl groups excluding tert-OH is 1. The molecule has 14 rings (SSSR count). The van der Waals surface area contributed by atoms with Gasteiger partial charge in [0.2, 0.25) is 0 Å². The third-order valence-corrected chi connectivity index (χ3v) is 24.8. The lowest BCUT2D eigenvalue weighted by Gasteiger charge is -2.39. The zero-order chi connectivity index (χ0) is 107. The molecule has 0 unspecified atom stereocenters. The number of H-pyrrole nitrogens is 2. The number of urea groups is 3. The van der Waals surface area contributed by atoms with Gasteiger partial charge in [0.25, 0.3) is 0 Å². The van der Waals surface area contributed by atoms with Crippen molar-refractivity contribution in [1.82, 2.24) is 95.9 Å². The third kappa shape index (κ3) is 48.4. The molecule has 816 valence electrons. The van der Waals surface area contributed by atoms with Crippen LogP contribution in [0.15, 0.2) is 143 Å². The van der Waals surface area contributed by atoms with Crippen molar-refractivity contribution < 1.29 is 52.9 Å². The first-order valence-corrected chi connectivity index (χ1v) is 52.0. The quantitative estimate of drug-likeness (QED) is 0.0192. The van der Waals surface area contributed by atoms with Gasteiger partial charge >= 0.3 is 36.4 Å². The number of aliphatic hydroxyl groups is 1. The second kappa shape index (κ2) is 66.6. The Balaban J connectivity index is 0.000000363. The first-order chi connectivity index (χ1) is 68.6. The summed E-state index contributed by atoms with van der Waals surface area (Å²) in [6, 6.07) is 37.4. The van der Waals surface area contributed by atoms with Crippen LogP contribution in [-0.4, -0.2) is 344 Å². The SMILES string of the molecule is CC(C)(C)OC(=O)N1CCC(=O)CC1.CC(C)(C)OC(=O)N1CCC(Nc2ccc(Cl)cc2)CC1.CN(C)CCN.CN(C)CCNC(=O)N(c1ccc(Cl)cc1)C1CCN(C(=O)OC(C)(C)C)CC1.CN(C)CCNC(=O)N(c1ccc(Cl)cc1)C1CCN(c2ncnc3n[nH]c(Br)c23)CC1.CN(C)CCNC(=O)N(c1ccc(Cl)cc1)C1CCNCC1.CO.Cl.Cl.Clc1ncnc2n[nH]c(Br)c12.Nc1ccc(Cl)cc1. The average molecular weight is 2340 g/mol. The Morgan fingerprint density at radius 1 is 0.435 bits per heavy atom. The number of ether oxygens (including phenoxy) is 3. The summed E-state index contributed by atoms with van der Waals surface area (Å²) in [4.78, 5) is 123. The fourth-order valence-corrected chi connectivity index (χ4v) is 16.7. The van der Waals surface area contributed by atoms with Crippen LogP contribution in [0.1, 0.15) is 127 Å². The lowest BCUT2D eigenvalue weighted by atomic mass is 10.0. The Kier molecular flexibility index (Phi) is 58.9. The van der Waals surface area contributed by atoms with E-state index in [2.05, 4.69) is 113 Å². The van der Waals surface area contributed by atoms with Crippen molar-refractivity contribution in [3.05, 3.63) is 173 Å². The zero-order valence-electron chi connectivity index (χ0n) is 87.4. The number of likely N-dealkylation sites (N-methyl/N-ethyl adjacent to an activating group) is 4. The number of halogens is 10. The van der Waals surface area contributed by atoms with E-state index >= 15 is 0 Å². The van der Waals surface area contributed by atoms with Crippen molar-refractivity contribution >= 4 is 225 Å². The Bertz CT molecular complexity index is 5330. The number of nitrogen functional groups attached to an aromatic ring is 1. The highest BCUT2D eigenvalue weighted by molar-refractivity contribution is 9.10. The van der Waals surface area contributed by atoms with Crippen LogP contribution in [0.25, 0.3) is 22.1 Å². The molecule has 5 aromatic carbocycles. The van der Waals surface area contributed by atoms with Gasteiger partial charge in [-0.3, -0.25) is 29.7 Å². The van der Waals surface area contributed by atoms with Gasteiger partial charge in [-0.2, -0.15) is 10.2 Å². The molecule has 0 aliphatic carbocycles. The minimum atomic E-state index is -0.518. The predicted molar refractivity (Wildman–Crippen MR) is 607 cm³/mol. The van der Waals surface area contributed by atoms with Crippen LogP contribution >= 0.6 is 126 Å². The smallest absolute Gasteiger partial charge is 0.410 e. The normalized spacial score (nSPS) is 14.5. The predicted octanol–water partition coefficient (Wildman–Crippen LogP) is 18.9. The van der Waals surface area contributed by atoms with Gasteiger partial charge in [-0.15, -0.1) is 24.8 Å². The standard InChI is InChI=1S/C21H26BrClN8O.C21H33ClN4O3.C16H25ClN4O.C16H23ClN2O2.C10H17NO3.C6H6ClN.C5H2BrClN4.C4H12N2.CH4O.2ClH/c1-29(2)12-9-24-21(32)31(15-5-3-14(23)4-6-15)16-7-10-30(11-8-16)20-17-18(22)27-28-19(17)25-13-26-20;1-21(2,3)29-20(28)25-13-10-18(11-14-25)26(17-8-6-16(22)7-9-17)19(27)23-12-15-24(4)5;1-20(2)12-11-19-16(22)21(15-7-9-18-10-8-15)14-5-3-13(17)4-6-14;1-16(2,3)21-15(20)19-10-8-14(9-11-19)18-13-6-4-12(17)5-7-13;1-10(2,3)14-9(13)11-6-4-8(12)5-7-11;7-5-1-3-6(8)4-2-5;6-3-2-4(7)8-1-9-5(2)11-10-3;1-6(2)4-3-5;1-2;;/h3-6,13,16H,7-12H2,1-2H3,(H,24,32)(H,25,26,27,28);6-9,18H,10-15H2,1-5H3,(H,23,27);3-6,15,18H,7-12H2,1-2H3,(H,19,22);4-7,14,18H,8-11H2,1-3H3;4-7H2,1-3H3;1-4H,8H2;1H,(H,8,9,10,11);3-5H2,1-2H3;2H,1H3;2*1H. The molecule has 5 fully saturated rings. The second-order valence-corrected chi connectivity index (χ2v) is 42.5. The molecule has 0 atom stereocenters. The molecule has 37 nitrogen and oxygen atoms in total. The van der Waals surface area contributed by atoms with Crippen molar-refractivity contribution in [2.24, 2.45) is 5.73 Å². The molecule has 0 radical (unpaired) electrons. The second-order valence-electron chi connectivity index (χ2n) is 38.4. The fraction of sp³-hybridized carbons (Fsp3) is 0.530. The lowest BCUT2D eigenvalue weighted by molar-refractivity contribution is -0.121. The Morgan fingerprint density at radius 3 is 1.08 bits per heavy atom. The summed E-state index contributed by atoms with van der Waals surface area (Å²) in [6.45, 7) is 29.6. The summed E-state index contributed by atoms with van der Waals surface area (Å²) in [5, 5.41) is 42.0. The molecule has 0 saturated carbocycles. The number of nitrogens with one attached hydrogen (secondary N) is 7. The number of nitrogens with zero attached hydrogens (tertiary/aromatic N) is 17. The zero-order valence-corrected chi connectivity index (χ0v) is 96.8. The maximum atomic E-state index is 13.2. The van der Waals surface area contributed by atoms with Gasteiger partial charge in [0.1, 0.15) is 55.4 Å². The van der Waals surface area contributed by atoms with E-state index in [1.807, 2.05) is 223 Å². The number of fused-ring (bicyclic) bond motifs is 2. The minimum absolute atomic E-state index is 0. The summed E-state index contributed by atoms with van der Waals surface area (Å²) in [6.07, 6.45) is 9.74. The van der Waals surface area contributed by atoms with Crippen LogP contribution in [0.4, 0.5) is 63.0 Å². The molecule has 147 heavy (non-hydrogen) atoms. The summed E-state index contributed by atoms with van der Waals surface area (Å²) >= 11 is 42.0. The van der Waals surface area contributed by atoms with E-state index in [4.69, 9.17) is 100 Å². The largest absolute Gasteiger partial charge is 0.444 e. The van der Waals surface area contributed by atoms with E-state index < -0.39 is 16.8 Å². The number of hydrogen-bond acceptors (Lipinski definition) is 26. The fourth-order valence-electron chi connectivity index (χ4n) is 14.9. The number of amides is 9. The molecule has 0 spiro atoms. The number of Topliss-reactive ketones (excluding diaryl/α,β-unsaturated/α-hetero) is 1. The maximum Gasteiger partial charge on any atom is 0.410 e. The summed E-state index contributed by atoms with van der Waals surface area (Å²) in [5.41, 5.74) is 14.7. The molecule has 5 saturated heterocycles. The van der Waals surface area contributed by atoms with E-state index in [1.54, 1.807) is 56.0 Å². The highest BCUT2D eigenvalue weighted by atomic mass is 79.9. The number of carbonyl (C=O) groups excluding carboxylic acids is 7. The molecule has 12 N–H and O–H groups in total. The number of ketones is 1. The number of aromatic amines is 2. The minimum Gasteiger partial charge on any atom is -0.444 e. The number of aromatic nitrogens is 8. The molecule has 0 bridgehead atoms. The number of piperidine rings is 5. The Hall–Kier alpha value is -9.11. The van der Waals surface area contributed by atoms with Crippen molar-refractivity contribution in [3.8, 4) is 0 Å². The molecular formula is C100H150Br2Cl8N26O11. The van der Waals surface area contributed by atoms with Crippen LogP contribution < -0.4 is 57.7 Å². The Morgan fingerprint density at radius 2 is 0.748 bits per heavy atom. The van der Waals surface area contributed by atoms with Crippen molar-refractivity contribution in [2.75, 3.05) is 212 Å². The van der Waals surface area contributed by atoms with E-state index in [-0.39, 0.29) is 85.1 Å². The number of hydrogen-bond donors (Lipinski definition) is 10. The van der Waals surface area contributed by atoms with Gasteiger partial charge < -0.3 is 96.6 Å². The number of nitrogens with two attached hydrogens (primary N) is 2. The van der Waals surface area contributed by atoms with Crippen LogP contribution in [0.2, 0.25) is 30.3 Å². The first-order valence-electron chi connectivity index (χ1n) is 48.2. The van der Waals surface area contributed by atoms with E-state index in [0.29, 0.717) is 119 Å². The van der Waals surface area contributed by atoms with Gasteiger partial charge in [-0.1, -0.05) is 69.6 Å². The molecule has 5 aliphatic heterocycles. The number of likely N-dealkylation sites (tertiary alicyclic amines) is 3. The summed E-state index contributed by atoms with van der Waals surface area (Å²) < 4.78 is 17.5. The van der Waals surface area contributed by atoms with Gasteiger partial charge in [0, 0.05) is 202 Å². The van der Waals surface area contributed by atoms with Crippen LogP contribution in [0.3, 0.4) is 0 Å². The van der Waals surface area contributed by atoms with Gasteiger partial charge in [-0.25, -0.2) is 48.7 Å². The number of anilines is 6. The molecule has 9 heterocycles. The first kappa shape index (κ1) is 130. The highest BCUT2D eigenvalue weighted by Gasteiger charge is 2.36. The van der Waals surface area contributed by atoms with Crippen molar-refractivity contribution in [1.29, 1.82) is 0 Å². The average Bonchev–Trinajstić information content (AvgIpc) is 1.63. The molecular weight excluding hydrogens is 2180 g/mol. The summed E-state index contributed by atoms with van der Waals surface area (Å²) in [7, 11) is 16.9. The van der Waals surface area contributed by atoms with Crippen molar-refractivity contribution in [3.63, 3.8) is 0 Å². The number of rotatable bonds is 20. The number of carbonyl (C=O) groups is 7. The van der Waals surface area contributed by atoms with E-state index in [9.17, 15) is 33.6 Å². The molecule has 9 aromatic rings. The Labute approximate surface area is 925 Å². The third-order valence-electron chi connectivity index (χ3n) is 22.1. The summed E-state index contributed by atoms with van der Waals surface area (Å²) in [5.74, 6) is 1.08. The molecule has 4 aromatic heterocycles. The van der Waals surface area contributed by atoms with Crippen LogP contribution in [0.5, 0.6) is 0 Å². The van der Waals surface area contributed by atoms with E-state index in [1.165, 1.54) is 12.7 Å². The van der Waals surface area contributed by atoms with Crippen LogP contribution in [-0.2, 0) is 19.0 Å². The topological polar surface area (TPSA) is 424 Å². The van der Waals surface area contributed by atoms with E-state index in [0.717, 1.165) is 172 Å². The van der Waals surface area contributed by atoms with Crippen molar-refractivity contribution in [2.45, 2.75) is 167 Å². The number of benzene rings is 5. The van der Waals surface area contributed by atoms with Gasteiger partial charge in [-0.05, 0) is 336 Å². The molecule has 5 aliphatic rings. The monoisotopic (exact) mass is 2330 g/mol. The van der Waals surface area contributed by atoms with Crippen LogP contribution in [0, 0.1) is 0 Å². The highest BCUT2D eigenvalue weighted by Crippen LogP contribution is 2.35. The molecule has 47 heteroatoms. The lowest BCUT2D eigenvalue weighted by Crippen LogP contribution is -2.53. The van der Waals surface area contributed by atoms with Gasteiger partial charge in [0.05, 0.1) is 10.8 Å². The molecule has 9 amide bonds.